The van der Waals surface area contributed by atoms with Crippen LogP contribution in [0.15, 0.2) is 133 Å². The van der Waals surface area contributed by atoms with Crippen LogP contribution in [0.5, 0.6) is 0 Å². The zero-order valence-electron chi connectivity index (χ0n) is 18.7. The minimum Gasteiger partial charge on any atom is -0.0622 e. The highest BCUT2D eigenvalue weighted by Crippen LogP contribution is 2.40. The minimum absolute atomic E-state index is 1.25. The Morgan fingerprint density at radius 3 is 1.44 bits per heavy atom. The Morgan fingerprint density at radius 1 is 0.265 bits per heavy atom. The highest BCUT2D eigenvalue weighted by atomic mass is 14.2. The largest absolute Gasteiger partial charge is 0.0622 e. The van der Waals surface area contributed by atoms with E-state index in [1.807, 2.05) is 0 Å². The van der Waals surface area contributed by atoms with Gasteiger partial charge in [-0.15, -0.1) is 0 Å². The predicted octanol–water partition coefficient (Wildman–Crippen LogP) is 9.63. The molecule has 0 heterocycles. The van der Waals surface area contributed by atoms with Gasteiger partial charge in [0.2, 0.25) is 0 Å². The van der Waals surface area contributed by atoms with Crippen molar-refractivity contribution < 1.29 is 0 Å². The fourth-order valence-corrected chi connectivity index (χ4v) is 5.28. The lowest BCUT2D eigenvalue weighted by molar-refractivity contribution is 1.65. The SMILES string of the molecule is c1ccc(-c2ccc3cc4c(-c5ccccc5)c5cc6ccccc6cc5cc4cc3c2)cc1. The van der Waals surface area contributed by atoms with E-state index in [9.17, 15) is 0 Å². The van der Waals surface area contributed by atoms with Crippen molar-refractivity contribution >= 4 is 43.1 Å². The molecule has 0 fully saturated rings. The second-order valence-corrected chi connectivity index (χ2v) is 9.04. The molecule has 0 aliphatic carbocycles. The molecule has 34 heavy (non-hydrogen) atoms. The maximum Gasteiger partial charge on any atom is -0.00264 e. The van der Waals surface area contributed by atoms with Crippen LogP contribution in [0.25, 0.3) is 65.3 Å². The molecule has 0 aliphatic heterocycles. The molecule has 7 aromatic rings. The monoisotopic (exact) mass is 430 g/mol. The maximum absolute atomic E-state index is 2.37. The smallest absolute Gasteiger partial charge is 0.00264 e. The van der Waals surface area contributed by atoms with Crippen molar-refractivity contribution in [2.45, 2.75) is 0 Å². The number of rotatable bonds is 2. The van der Waals surface area contributed by atoms with Gasteiger partial charge in [0, 0.05) is 0 Å². The Bertz CT molecular complexity index is 1830. The summed E-state index contributed by atoms with van der Waals surface area (Å²) in [7, 11) is 0. The van der Waals surface area contributed by atoms with Gasteiger partial charge in [0.05, 0.1) is 0 Å². The third-order valence-corrected chi connectivity index (χ3v) is 6.95. The first-order valence-electron chi connectivity index (χ1n) is 11.8. The van der Waals surface area contributed by atoms with Gasteiger partial charge in [-0.2, -0.15) is 0 Å². The van der Waals surface area contributed by atoms with Gasteiger partial charge in [-0.25, -0.2) is 0 Å². The summed E-state index contributed by atoms with van der Waals surface area (Å²) in [4.78, 5) is 0. The normalized spacial score (nSPS) is 11.5. The summed E-state index contributed by atoms with van der Waals surface area (Å²) >= 11 is 0. The van der Waals surface area contributed by atoms with E-state index in [0.717, 1.165) is 0 Å². The van der Waals surface area contributed by atoms with Gasteiger partial charge in [0.25, 0.3) is 0 Å². The molecule has 0 spiro atoms. The third kappa shape index (κ3) is 3.08. The minimum atomic E-state index is 1.25. The molecule has 158 valence electrons. The second kappa shape index (κ2) is 7.57. The molecule has 0 aromatic heterocycles. The van der Waals surface area contributed by atoms with Crippen LogP contribution in [0.2, 0.25) is 0 Å². The van der Waals surface area contributed by atoms with E-state index >= 15 is 0 Å². The van der Waals surface area contributed by atoms with Crippen LogP contribution >= 0.6 is 0 Å². The Morgan fingerprint density at radius 2 is 0.765 bits per heavy atom. The van der Waals surface area contributed by atoms with Crippen LogP contribution in [-0.2, 0) is 0 Å². The Kier molecular flexibility index (Phi) is 4.25. The molecule has 0 radical (unpaired) electrons. The van der Waals surface area contributed by atoms with E-state index in [4.69, 9.17) is 0 Å². The molecule has 0 heteroatoms. The number of fused-ring (bicyclic) bond motifs is 4. The maximum atomic E-state index is 2.37. The molecule has 0 nitrogen and oxygen atoms in total. The molecule has 0 saturated heterocycles. The molecule has 0 N–H and O–H groups in total. The van der Waals surface area contributed by atoms with E-state index in [2.05, 4.69) is 133 Å². The first-order valence-corrected chi connectivity index (χ1v) is 11.8. The van der Waals surface area contributed by atoms with E-state index < -0.39 is 0 Å². The van der Waals surface area contributed by atoms with Gasteiger partial charge in [0.15, 0.2) is 0 Å². The van der Waals surface area contributed by atoms with Crippen LogP contribution in [0, 0.1) is 0 Å². The van der Waals surface area contributed by atoms with Crippen LogP contribution in [0.3, 0.4) is 0 Å². The molecular weight excluding hydrogens is 408 g/mol. The first-order chi connectivity index (χ1) is 16.8. The number of hydrogen-bond donors (Lipinski definition) is 0. The molecule has 0 aliphatic rings. The summed E-state index contributed by atoms with van der Waals surface area (Å²) in [5.74, 6) is 0. The molecule has 0 unspecified atom stereocenters. The summed E-state index contributed by atoms with van der Waals surface area (Å²) in [6, 6.07) is 48.7. The fourth-order valence-electron chi connectivity index (χ4n) is 5.28. The first kappa shape index (κ1) is 19.1. The summed E-state index contributed by atoms with van der Waals surface area (Å²) in [6.07, 6.45) is 0. The molecule has 0 bridgehead atoms. The van der Waals surface area contributed by atoms with E-state index in [0.29, 0.717) is 0 Å². The van der Waals surface area contributed by atoms with Gasteiger partial charge in [-0.05, 0) is 102 Å². The van der Waals surface area contributed by atoms with E-state index in [-0.39, 0.29) is 0 Å². The van der Waals surface area contributed by atoms with Crippen molar-refractivity contribution in [1.82, 2.24) is 0 Å². The number of benzene rings is 7. The van der Waals surface area contributed by atoms with Crippen molar-refractivity contribution in [1.29, 1.82) is 0 Å². The molecule has 7 rings (SSSR count). The zero-order valence-corrected chi connectivity index (χ0v) is 18.7. The highest BCUT2D eigenvalue weighted by Gasteiger charge is 2.12. The van der Waals surface area contributed by atoms with Crippen LogP contribution < -0.4 is 0 Å². The Balaban J connectivity index is 1.58. The van der Waals surface area contributed by atoms with Crippen molar-refractivity contribution in [3.63, 3.8) is 0 Å². The fraction of sp³-hybridized carbons (Fsp3) is 0. The second-order valence-electron chi connectivity index (χ2n) is 9.04. The predicted molar refractivity (Wildman–Crippen MR) is 147 cm³/mol. The lowest BCUT2D eigenvalue weighted by Crippen LogP contribution is -1.88. The molecule has 7 aromatic carbocycles. The van der Waals surface area contributed by atoms with Crippen molar-refractivity contribution in [2.24, 2.45) is 0 Å². The summed E-state index contributed by atoms with van der Waals surface area (Å²) in [6.45, 7) is 0. The van der Waals surface area contributed by atoms with Gasteiger partial charge in [0.1, 0.15) is 0 Å². The standard InChI is InChI=1S/C34H22/c1-3-9-23(10-4-1)27-15-16-28-22-33-31(19-29(28)17-27)20-30-18-25-13-7-8-14-26(25)21-32(30)34(33)24-11-5-2-6-12-24/h1-22H. The molecule has 0 atom stereocenters. The van der Waals surface area contributed by atoms with Gasteiger partial charge >= 0.3 is 0 Å². The van der Waals surface area contributed by atoms with Crippen molar-refractivity contribution in [3.05, 3.63) is 133 Å². The summed E-state index contributed by atoms with van der Waals surface area (Å²) < 4.78 is 0. The molecule has 0 amide bonds. The topological polar surface area (TPSA) is 0 Å². The lowest BCUT2D eigenvalue weighted by Gasteiger charge is -2.15. The molecule has 0 saturated carbocycles. The summed E-state index contributed by atoms with van der Waals surface area (Å²) in [5, 5.41) is 10.3. The van der Waals surface area contributed by atoms with Crippen LogP contribution in [0.4, 0.5) is 0 Å². The zero-order chi connectivity index (χ0) is 22.5. The third-order valence-electron chi connectivity index (χ3n) is 6.95. The van der Waals surface area contributed by atoms with Gasteiger partial charge in [-0.3, -0.25) is 0 Å². The van der Waals surface area contributed by atoms with Crippen molar-refractivity contribution in [3.8, 4) is 22.3 Å². The van der Waals surface area contributed by atoms with E-state index in [1.54, 1.807) is 0 Å². The Labute approximate surface area is 198 Å². The number of hydrogen-bond acceptors (Lipinski definition) is 0. The highest BCUT2D eigenvalue weighted by molar-refractivity contribution is 6.18. The van der Waals surface area contributed by atoms with Crippen LogP contribution in [-0.4, -0.2) is 0 Å². The van der Waals surface area contributed by atoms with Crippen LogP contribution in [0.1, 0.15) is 0 Å². The average Bonchev–Trinajstić information content (AvgIpc) is 2.90. The quantitative estimate of drug-likeness (QED) is 0.239. The van der Waals surface area contributed by atoms with E-state index in [1.165, 1.54) is 65.3 Å². The average molecular weight is 431 g/mol. The summed E-state index contributed by atoms with van der Waals surface area (Å²) in [5.41, 5.74) is 5.07. The Hall–Kier alpha value is -4.42. The van der Waals surface area contributed by atoms with Gasteiger partial charge < -0.3 is 0 Å². The molecular formula is C34H22. The van der Waals surface area contributed by atoms with Gasteiger partial charge in [-0.1, -0.05) is 97.1 Å². The van der Waals surface area contributed by atoms with Crippen molar-refractivity contribution in [2.75, 3.05) is 0 Å². The lowest BCUT2D eigenvalue weighted by atomic mass is 9.89.